The largest absolute Gasteiger partial charge is 0.398 e. The Kier molecular flexibility index (Phi) is 4.09. The maximum Gasteiger partial charge on any atom is 0.0744 e. The third-order valence-corrected chi connectivity index (χ3v) is 3.32. The van der Waals surface area contributed by atoms with Gasteiger partial charge < -0.3 is 5.73 Å². The number of anilines is 1. The summed E-state index contributed by atoms with van der Waals surface area (Å²) < 4.78 is 0. The summed E-state index contributed by atoms with van der Waals surface area (Å²) in [4.78, 5) is 0. The summed E-state index contributed by atoms with van der Waals surface area (Å²) in [5, 5.41) is 1.22. The molecule has 0 fully saturated rings. The van der Waals surface area contributed by atoms with Gasteiger partial charge in [-0.15, -0.1) is 0 Å². The topological polar surface area (TPSA) is 64.1 Å². The number of hydrogen-bond donors (Lipinski definition) is 3. The van der Waals surface area contributed by atoms with Crippen LogP contribution < -0.4 is 17.0 Å². The first-order valence-electron chi connectivity index (χ1n) is 5.39. The van der Waals surface area contributed by atoms with Crippen LogP contribution in [0.5, 0.6) is 0 Å². The van der Waals surface area contributed by atoms with Crippen LogP contribution in [0.1, 0.15) is 17.2 Å². The fourth-order valence-corrected chi connectivity index (χ4v) is 2.29. The van der Waals surface area contributed by atoms with E-state index in [0.29, 0.717) is 15.7 Å². The Morgan fingerprint density at radius 2 is 1.72 bits per heavy atom. The molecule has 0 saturated heterocycles. The zero-order chi connectivity index (χ0) is 13.1. The molecule has 0 heterocycles. The van der Waals surface area contributed by atoms with E-state index < -0.39 is 0 Å². The quantitative estimate of drug-likeness (QED) is 0.460. The second kappa shape index (κ2) is 5.59. The van der Waals surface area contributed by atoms with Crippen molar-refractivity contribution < 1.29 is 0 Å². The molecule has 2 aromatic carbocycles. The fraction of sp³-hybridized carbons (Fsp3) is 0.0769. The lowest BCUT2D eigenvalue weighted by Crippen LogP contribution is -2.29. The molecule has 0 bridgehead atoms. The van der Waals surface area contributed by atoms with Crippen LogP contribution in [-0.2, 0) is 0 Å². The monoisotopic (exact) mass is 281 g/mol. The maximum absolute atomic E-state index is 6.17. The molecule has 94 valence electrons. The Labute approximate surface area is 116 Å². The molecule has 18 heavy (non-hydrogen) atoms. The van der Waals surface area contributed by atoms with Gasteiger partial charge in [-0.3, -0.25) is 5.84 Å². The molecule has 0 aliphatic rings. The number of nitrogen functional groups attached to an aromatic ring is 1. The third-order valence-electron chi connectivity index (χ3n) is 2.74. The van der Waals surface area contributed by atoms with Gasteiger partial charge in [0.15, 0.2) is 0 Å². The molecule has 2 aromatic rings. The summed E-state index contributed by atoms with van der Waals surface area (Å²) in [5.74, 6) is 5.62. The van der Waals surface area contributed by atoms with Gasteiger partial charge in [-0.1, -0.05) is 47.5 Å². The molecular weight excluding hydrogens is 269 g/mol. The van der Waals surface area contributed by atoms with Crippen molar-refractivity contribution in [3.63, 3.8) is 0 Å². The van der Waals surface area contributed by atoms with Gasteiger partial charge in [0.25, 0.3) is 0 Å². The van der Waals surface area contributed by atoms with E-state index in [1.165, 1.54) is 0 Å². The van der Waals surface area contributed by atoms with Gasteiger partial charge in [0.2, 0.25) is 0 Å². The number of benzene rings is 2. The molecule has 2 rings (SSSR count). The second-order valence-electron chi connectivity index (χ2n) is 3.89. The zero-order valence-corrected chi connectivity index (χ0v) is 11.0. The lowest BCUT2D eigenvalue weighted by molar-refractivity contribution is 0.639. The lowest BCUT2D eigenvalue weighted by Gasteiger charge is -2.20. The van der Waals surface area contributed by atoms with Crippen LogP contribution in [0.25, 0.3) is 0 Å². The summed E-state index contributed by atoms with van der Waals surface area (Å²) in [5.41, 5.74) is 11.0. The fourth-order valence-electron chi connectivity index (χ4n) is 1.86. The number of nitrogens with one attached hydrogen (secondary N) is 1. The molecule has 0 saturated carbocycles. The lowest BCUT2D eigenvalue weighted by atomic mass is 9.98. The highest BCUT2D eigenvalue weighted by Crippen LogP contribution is 2.31. The van der Waals surface area contributed by atoms with Crippen molar-refractivity contribution in [1.82, 2.24) is 5.43 Å². The van der Waals surface area contributed by atoms with Crippen LogP contribution >= 0.6 is 23.2 Å². The summed E-state index contributed by atoms with van der Waals surface area (Å²) in [6.45, 7) is 0. The van der Waals surface area contributed by atoms with Crippen LogP contribution in [0.15, 0.2) is 42.5 Å². The third kappa shape index (κ3) is 2.60. The Morgan fingerprint density at radius 3 is 2.33 bits per heavy atom. The summed E-state index contributed by atoms with van der Waals surface area (Å²) in [7, 11) is 0. The predicted octanol–water partition coefficient (Wildman–Crippen LogP) is 3.13. The van der Waals surface area contributed by atoms with Crippen LogP contribution in [-0.4, -0.2) is 0 Å². The first-order valence-corrected chi connectivity index (χ1v) is 6.14. The summed E-state index contributed by atoms with van der Waals surface area (Å²) >= 11 is 12.1. The highest BCUT2D eigenvalue weighted by Gasteiger charge is 2.17. The van der Waals surface area contributed by atoms with E-state index in [4.69, 9.17) is 34.8 Å². The average molecular weight is 282 g/mol. The van der Waals surface area contributed by atoms with Crippen molar-refractivity contribution >= 4 is 28.9 Å². The number of rotatable bonds is 3. The second-order valence-corrected chi connectivity index (χ2v) is 4.74. The van der Waals surface area contributed by atoms with Crippen LogP contribution in [0, 0.1) is 0 Å². The number of hydrazine groups is 1. The molecule has 5 N–H and O–H groups in total. The molecule has 0 spiro atoms. The number of nitrogens with two attached hydrogens (primary N) is 2. The maximum atomic E-state index is 6.17. The van der Waals surface area contributed by atoms with E-state index in [1.54, 1.807) is 12.1 Å². The molecule has 0 aliphatic carbocycles. The van der Waals surface area contributed by atoms with E-state index in [0.717, 1.165) is 11.1 Å². The average Bonchev–Trinajstić information content (AvgIpc) is 2.34. The van der Waals surface area contributed by atoms with E-state index in [-0.39, 0.29) is 6.04 Å². The molecular formula is C13H13Cl2N3. The molecule has 0 aromatic heterocycles. The Balaban J connectivity index is 2.49. The van der Waals surface area contributed by atoms with Crippen molar-refractivity contribution in [2.45, 2.75) is 6.04 Å². The minimum Gasteiger partial charge on any atom is -0.398 e. The van der Waals surface area contributed by atoms with Crippen molar-refractivity contribution in [2.75, 3.05) is 5.73 Å². The highest BCUT2D eigenvalue weighted by molar-refractivity contribution is 6.31. The van der Waals surface area contributed by atoms with E-state index in [2.05, 4.69) is 5.43 Å². The Hall–Kier alpha value is -1.26. The van der Waals surface area contributed by atoms with Gasteiger partial charge >= 0.3 is 0 Å². The molecule has 1 unspecified atom stereocenters. The van der Waals surface area contributed by atoms with Gasteiger partial charge in [0, 0.05) is 15.7 Å². The smallest absolute Gasteiger partial charge is 0.0744 e. The van der Waals surface area contributed by atoms with Crippen molar-refractivity contribution in [2.24, 2.45) is 5.84 Å². The highest BCUT2D eigenvalue weighted by atomic mass is 35.5. The Bertz CT molecular complexity index is 558. The first-order chi connectivity index (χ1) is 8.63. The van der Waals surface area contributed by atoms with Crippen molar-refractivity contribution in [3.8, 4) is 0 Å². The van der Waals surface area contributed by atoms with Crippen molar-refractivity contribution in [3.05, 3.63) is 63.6 Å². The molecule has 0 amide bonds. The van der Waals surface area contributed by atoms with Gasteiger partial charge in [0.1, 0.15) is 0 Å². The molecule has 1 atom stereocenters. The Morgan fingerprint density at radius 1 is 1.00 bits per heavy atom. The van der Waals surface area contributed by atoms with E-state index in [1.807, 2.05) is 30.3 Å². The van der Waals surface area contributed by atoms with E-state index in [9.17, 15) is 0 Å². The van der Waals surface area contributed by atoms with Gasteiger partial charge in [0.05, 0.1) is 6.04 Å². The van der Waals surface area contributed by atoms with Gasteiger partial charge in [-0.05, 0) is 29.3 Å². The summed E-state index contributed by atoms with van der Waals surface area (Å²) in [6.07, 6.45) is 0. The number of hydrogen-bond acceptors (Lipinski definition) is 3. The minimum absolute atomic E-state index is 0.268. The van der Waals surface area contributed by atoms with Gasteiger partial charge in [-0.2, -0.15) is 0 Å². The first kappa shape index (κ1) is 13.2. The van der Waals surface area contributed by atoms with Crippen LogP contribution in [0.4, 0.5) is 5.69 Å². The zero-order valence-electron chi connectivity index (χ0n) is 9.53. The SMILES string of the molecule is NNC(c1ccc(Cl)cc1N)c1ccccc1Cl. The van der Waals surface area contributed by atoms with Crippen LogP contribution in [0.2, 0.25) is 10.0 Å². The summed E-state index contributed by atoms with van der Waals surface area (Å²) in [6, 6.07) is 12.5. The molecule has 5 heteroatoms. The van der Waals surface area contributed by atoms with Crippen molar-refractivity contribution in [1.29, 1.82) is 0 Å². The predicted molar refractivity (Wildman–Crippen MR) is 76.5 cm³/mol. The van der Waals surface area contributed by atoms with E-state index >= 15 is 0 Å². The van der Waals surface area contributed by atoms with Gasteiger partial charge in [-0.25, -0.2) is 5.43 Å². The molecule has 0 radical (unpaired) electrons. The minimum atomic E-state index is -0.268. The van der Waals surface area contributed by atoms with Crippen LogP contribution in [0.3, 0.4) is 0 Å². The number of halogens is 2. The molecule has 0 aliphatic heterocycles. The molecule has 3 nitrogen and oxygen atoms in total. The normalized spacial score (nSPS) is 12.4. The standard InChI is InChI=1S/C13H13Cl2N3/c14-8-5-6-10(12(16)7-8)13(18-17)9-3-1-2-4-11(9)15/h1-7,13,18H,16-17H2.